The van der Waals surface area contributed by atoms with Crippen molar-refractivity contribution < 1.29 is 14.8 Å². The second-order valence-electron chi connectivity index (χ2n) is 4.11. The van der Waals surface area contributed by atoms with Crippen LogP contribution in [0.1, 0.15) is 16.8 Å². The highest BCUT2D eigenvalue weighted by Gasteiger charge is 2.23. The van der Waals surface area contributed by atoms with Crippen LogP contribution in [0.25, 0.3) is 0 Å². The molecule has 104 valence electrons. The molecular weight excluding hydrogens is 250 g/mol. The van der Waals surface area contributed by atoms with E-state index in [9.17, 15) is 14.9 Å². The van der Waals surface area contributed by atoms with Crippen molar-refractivity contribution in [1.82, 2.24) is 5.32 Å². The van der Waals surface area contributed by atoms with Crippen LogP contribution >= 0.6 is 0 Å². The van der Waals surface area contributed by atoms with Crippen molar-refractivity contribution in [3.8, 4) is 0 Å². The monoisotopic (exact) mass is 267 g/mol. The first-order valence-corrected chi connectivity index (χ1v) is 5.85. The molecule has 1 aromatic carbocycles. The molecule has 19 heavy (non-hydrogen) atoms. The van der Waals surface area contributed by atoms with Gasteiger partial charge in [-0.1, -0.05) is 6.07 Å². The number of aromatic carboxylic acids is 1. The van der Waals surface area contributed by atoms with Crippen LogP contribution in [0.5, 0.6) is 0 Å². The van der Waals surface area contributed by atoms with E-state index in [1.807, 2.05) is 7.05 Å². The highest BCUT2D eigenvalue weighted by atomic mass is 16.6. The van der Waals surface area contributed by atoms with Gasteiger partial charge in [0.15, 0.2) is 0 Å². The van der Waals surface area contributed by atoms with E-state index >= 15 is 0 Å². The topological polar surface area (TPSA) is 95.7 Å². The highest BCUT2D eigenvalue weighted by molar-refractivity contribution is 5.97. The average Bonchev–Trinajstić information content (AvgIpc) is 2.37. The number of rotatable bonds is 7. The van der Waals surface area contributed by atoms with Gasteiger partial charge in [0.05, 0.1) is 10.5 Å². The van der Waals surface area contributed by atoms with Crippen LogP contribution in [-0.4, -0.2) is 43.2 Å². The van der Waals surface area contributed by atoms with Gasteiger partial charge in [-0.3, -0.25) is 10.1 Å². The van der Waals surface area contributed by atoms with Gasteiger partial charge in [-0.15, -0.1) is 0 Å². The molecule has 0 unspecified atom stereocenters. The lowest BCUT2D eigenvalue weighted by molar-refractivity contribution is -0.384. The lowest BCUT2D eigenvalue weighted by Gasteiger charge is -2.20. The van der Waals surface area contributed by atoms with Crippen molar-refractivity contribution in [2.75, 3.05) is 32.1 Å². The maximum Gasteiger partial charge on any atom is 0.338 e. The molecule has 1 rings (SSSR count). The quantitative estimate of drug-likeness (QED) is 0.439. The summed E-state index contributed by atoms with van der Waals surface area (Å²) in [4.78, 5) is 23.2. The molecule has 0 aliphatic rings. The second kappa shape index (κ2) is 6.69. The fraction of sp³-hybridized carbons (Fsp3) is 0.417. The third-order valence-electron chi connectivity index (χ3n) is 2.74. The van der Waals surface area contributed by atoms with Crippen LogP contribution in [0.3, 0.4) is 0 Å². The first kappa shape index (κ1) is 14.9. The number of anilines is 1. The van der Waals surface area contributed by atoms with E-state index in [2.05, 4.69) is 5.32 Å². The van der Waals surface area contributed by atoms with Crippen molar-refractivity contribution in [3.63, 3.8) is 0 Å². The predicted molar refractivity (Wildman–Crippen MR) is 71.9 cm³/mol. The van der Waals surface area contributed by atoms with Crippen molar-refractivity contribution in [3.05, 3.63) is 33.9 Å². The van der Waals surface area contributed by atoms with Crippen LogP contribution < -0.4 is 10.2 Å². The fourth-order valence-corrected chi connectivity index (χ4v) is 1.86. The average molecular weight is 267 g/mol. The Bertz CT molecular complexity index is 444. The van der Waals surface area contributed by atoms with E-state index < -0.39 is 10.9 Å². The molecule has 0 saturated carbocycles. The van der Waals surface area contributed by atoms with Gasteiger partial charge in [0, 0.05) is 19.7 Å². The number of benzene rings is 1. The Kier molecular flexibility index (Phi) is 5.25. The van der Waals surface area contributed by atoms with E-state index in [1.165, 1.54) is 18.2 Å². The van der Waals surface area contributed by atoms with Crippen molar-refractivity contribution in [2.24, 2.45) is 0 Å². The standard InChI is InChI=1S/C12H17N3O4/c1-13-7-4-8-14(2)11-9(12(16)17)5-3-6-10(11)15(18)19/h3,5-6,13H,4,7-8H2,1-2H3,(H,16,17). The number of hydrogen-bond acceptors (Lipinski definition) is 5. The Labute approximate surface area is 111 Å². The van der Waals surface area contributed by atoms with Gasteiger partial charge in [0.25, 0.3) is 5.69 Å². The molecule has 0 fully saturated rings. The van der Waals surface area contributed by atoms with E-state index in [0.29, 0.717) is 6.54 Å². The van der Waals surface area contributed by atoms with Crippen molar-refractivity contribution in [2.45, 2.75) is 6.42 Å². The zero-order valence-electron chi connectivity index (χ0n) is 10.9. The van der Waals surface area contributed by atoms with Gasteiger partial charge in [0.2, 0.25) is 0 Å². The normalized spacial score (nSPS) is 10.2. The Hall–Kier alpha value is -2.15. The summed E-state index contributed by atoms with van der Waals surface area (Å²) in [6, 6.07) is 4.07. The zero-order valence-corrected chi connectivity index (χ0v) is 10.9. The molecule has 1 aromatic rings. The Morgan fingerprint density at radius 2 is 2.21 bits per heavy atom. The number of nitrogens with one attached hydrogen (secondary N) is 1. The molecule has 0 atom stereocenters. The summed E-state index contributed by atoms with van der Waals surface area (Å²) in [5.41, 5.74) is -0.0934. The number of carboxylic acid groups (broad SMARTS) is 1. The maximum absolute atomic E-state index is 11.2. The molecule has 0 aliphatic carbocycles. The summed E-state index contributed by atoms with van der Waals surface area (Å²) < 4.78 is 0. The number of carboxylic acids is 1. The molecular formula is C12H17N3O4. The Morgan fingerprint density at radius 3 is 2.74 bits per heavy atom. The van der Waals surface area contributed by atoms with Crippen molar-refractivity contribution in [1.29, 1.82) is 0 Å². The molecule has 0 bridgehead atoms. The minimum atomic E-state index is -1.17. The maximum atomic E-state index is 11.2. The SMILES string of the molecule is CNCCCN(C)c1c(C(=O)O)cccc1[N+](=O)[O-]. The number of carbonyl (C=O) groups is 1. The summed E-state index contributed by atoms with van der Waals surface area (Å²) in [6.45, 7) is 1.29. The molecule has 0 heterocycles. The van der Waals surface area contributed by atoms with E-state index in [0.717, 1.165) is 13.0 Å². The van der Waals surface area contributed by atoms with Crippen molar-refractivity contribution >= 4 is 17.3 Å². The summed E-state index contributed by atoms with van der Waals surface area (Å²) in [6.07, 6.45) is 0.762. The number of nitro benzene ring substituents is 1. The Balaban J connectivity index is 3.13. The predicted octanol–water partition coefficient (Wildman–Crippen LogP) is 1.34. The molecule has 0 saturated heterocycles. The van der Waals surface area contributed by atoms with Gasteiger partial charge in [-0.2, -0.15) is 0 Å². The second-order valence-corrected chi connectivity index (χ2v) is 4.11. The van der Waals surface area contributed by atoms with Crippen LogP contribution in [0.4, 0.5) is 11.4 Å². The number of nitro groups is 1. The minimum absolute atomic E-state index is 0.0545. The van der Waals surface area contributed by atoms with Gasteiger partial charge < -0.3 is 15.3 Å². The van der Waals surface area contributed by atoms with E-state index in [-0.39, 0.29) is 16.9 Å². The summed E-state index contributed by atoms with van der Waals surface area (Å²) in [7, 11) is 3.47. The first-order valence-electron chi connectivity index (χ1n) is 5.85. The summed E-state index contributed by atoms with van der Waals surface area (Å²) >= 11 is 0. The molecule has 7 nitrogen and oxygen atoms in total. The first-order chi connectivity index (χ1) is 8.99. The molecule has 0 amide bonds. The van der Waals surface area contributed by atoms with Gasteiger partial charge >= 0.3 is 5.97 Å². The van der Waals surface area contributed by atoms with Crippen LogP contribution in [0, 0.1) is 10.1 Å². The lowest BCUT2D eigenvalue weighted by Crippen LogP contribution is -2.25. The molecule has 0 spiro atoms. The summed E-state index contributed by atoms with van der Waals surface area (Å²) in [5, 5.41) is 23.1. The molecule has 0 aromatic heterocycles. The molecule has 7 heteroatoms. The van der Waals surface area contributed by atoms with E-state index in [1.54, 1.807) is 11.9 Å². The Morgan fingerprint density at radius 1 is 1.53 bits per heavy atom. The number of hydrogen-bond donors (Lipinski definition) is 2. The van der Waals surface area contributed by atoms with Gasteiger partial charge in [0.1, 0.15) is 5.69 Å². The number of nitrogens with zero attached hydrogens (tertiary/aromatic N) is 2. The van der Waals surface area contributed by atoms with Gasteiger partial charge in [-0.25, -0.2) is 4.79 Å². The molecule has 0 radical (unpaired) electrons. The van der Waals surface area contributed by atoms with Gasteiger partial charge in [-0.05, 0) is 26.1 Å². The molecule has 0 aliphatic heterocycles. The van der Waals surface area contributed by atoms with E-state index in [4.69, 9.17) is 5.11 Å². The fourth-order valence-electron chi connectivity index (χ4n) is 1.86. The summed E-state index contributed by atoms with van der Waals surface area (Å²) in [5.74, 6) is -1.17. The largest absolute Gasteiger partial charge is 0.478 e. The van der Waals surface area contributed by atoms with Crippen LogP contribution in [0.2, 0.25) is 0 Å². The third kappa shape index (κ3) is 3.65. The zero-order chi connectivity index (χ0) is 14.4. The number of para-hydroxylation sites is 1. The molecule has 2 N–H and O–H groups in total. The minimum Gasteiger partial charge on any atom is -0.478 e. The van der Waals surface area contributed by atoms with Crippen LogP contribution in [-0.2, 0) is 0 Å². The lowest BCUT2D eigenvalue weighted by atomic mass is 10.1. The van der Waals surface area contributed by atoms with Crippen LogP contribution in [0.15, 0.2) is 18.2 Å². The third-order valence-corrected chi connectivity index (χ3v) is 2.74. The smallest absolute Gasteiger partial charge is 0.338 e. The highest BCUT2D eigenvalue weighted by Crippen LogP contribution is 2.31.